The lowest BCUT2D eigenvalue weighted by Gasteiger charge is -2.17. The molecule has 31 heavy (non-hydrogen) atoms. The summed E-state index contributed by atoms with van der Waals surface area (Å²) in [6.45, 7) is 2.26. The fourth-order valence-electron chi connectivity index (χ4n) is 3.41. The molecule has 2 N–H and O–H groups in total. The molecule has 1 unspecified atom stereocenters. The van der Waals surface area contributed by atoms with Gasteiger partial charge in [-0.15, -0.1) is 0 Å². The number of furan rings is 1. The Kier molecular flexibility index (Phi) is 5.77. The van der Waals surface area contributed by atoms with E-state index in [-0.39, 0.29) is 30.5 Å². The van der Waals surface area contributed by atoms with Crippen LogP contribution in [0.1, 0.15) is 22.5 Å². The van der Waals surface area contributed by atoms with Gasteiger partial charge in [0.15, 0.2) is 5.76 Å². The SMILES string of the molecule is Cc1ccc(N2CC(C(=O)Nc3ccc(Cl)cc3NC(=O)c3ccco3)CC2=O)cc1. The van der Waals surface area contributed by atoms with Gasteiger partial charge < -0.3 is 20.0 Å². The molecule has 1 aliphatic rings. The van der Waals surface area contributed by atoms with E-state index < -0.39 is 11.8 Å². The molecule has 1 aromatic heterocycles. The average Bonchev–Trinajstić information content (AvgIpc) is 3.41. The quantitative estimate of drug-likeness (QED) is 0.615. The molecule has 1 aliphatic heterocycles. The van der Waals surface area contributed by atoms with E-state index in [9.17, 15) is 14.4 Å². The summed E-state index contributed by atoms with van der Waals surface area (Å²) in [4.78, 5) is 39.3. The highest BCUT2D eigenvalue weighted by Gasteiger charge is 2.35. The normalized spacial score (nSPS) is 15.7. The van der Waals surface area contributed by atoms with Crippen molar-refractivity contribution in [1.29, 1.82) is 0 Å². The Morgan fingerprint density at radius 2 is 1.84 bits per heavy atom. The Hall–Kier alpha value is -3.58. The van der Waals surface area contributed by atoms with Crippen molar-refractivity contribution < 1.29 is 18.8 Å². The maximum Gasteiger partial charge on any atom is 0.291 e. The van der Waals surface area contributed by atoms with E-state index in [1.54, 1.807) is 23.1 Å². The van der Waals surface area contributed by atoms with E-state index in [0.29, 0.717) is 16.4 Å². The third kappa shape index (κ3) is 4.62. The van der Waals surface area contributed by atoms with Crippen LogP contribution in [0.3, 0.4) is 0 Å². The number of carbonyl (C=O) groups is 3. The van der Waals surface area contributed by atoms with Gasteiger partial charge in [0.1, 0.15) is 0 Å². The van der Waals surface area contributed by atoms with E-state index in [1.807, 2.05) is 31.2 Å². The van der Waals surface area contributed by atoms with E-state index in [2.05, 4.69) is 10.6 Å². The molecule has 0 spiro atoms. The van der Waals surface area contributed by atoms with Crippen molar-refractivity contribution in [3.05, 3.63) is 77.2 Å². The Morgan fingerprint density at radius 1 is 1.06 bits per heavy atom. The van der Waals surface area contributed by atoms with E-state index >= 15 is 0 Å². The van der Waals surface area contributed by atoms with Gasteiger partial charge >= 0.3 is 0 Å². The van der Waals surface area contributed by atoms with Gasteiger partial charge in [0.2, 0.25) is 11.8 Å². The first-order valence-electron chi connectivity index (χ1n) is 9.73. The van der Waals surface area contributed by atoms with Gasteiger partial charge in [0.25, 0.3) is 5.91 Å². The maximum atomic E-state index is 12.9. The van der Waals surface area contributed by atoms with Crippen LogP contribution in [0, 0.1) is 12.8 Å². The summed E-state index contributed by atoms with van der Waals surface area (Å²) < 4.78 is 5.10. The van der Waals surface area contributed by atoms with Crippen LogP contribution in [0.15, 0.2) is 65.3 Å². The first-order valence-corrected chi connectivity index (χ1v) is 10.1. The summed E-state index contributed by atoms with van der Waals surface area (Å²) in [5, 5.41) is 5.90. The summed E-state index contributed by atoms with van der Waals surface area (Å²) >= 11 is 6.07. The molecule has 0 radical (unpaired) electrons. The molecule has 4 rings (SSSR count). The second-order valence-corrected chi connectivity index (χ2v) is 7.79. The molecule has 8 heteroatoms. The molecule has 3 amide bonds. The van der Waals surface area contributed by atoms with Crippen LogP contribution >= 0.6 is 11.6 Å². The largest absolute Gasteiger partial charge is 0.459 e. The van der Waals surface area contributed by atoms with Crippen LogP contribution in [0.2, 0.25) is 5.02 Å². The molecule has 7 nitrogen and oxygen atoms in total. The number of hydrogen-bond acceptors (Lipinski definition) is 4. The molecule has 0 bridgehead atoms. The summed E-state index contributed by atoms with van der Waals surface area (Å²) in [5.74, 6) is -1.26. The van der Waals surface area contributed by atoms with E-state index in [0.717, 1.165) is 11.3 Å². The lowest BCUT2D eigenvalue weighted by atomic mass is 10.1. The number of hydrogen-bond donors (Lipinski definition) is 2. The van der Waals surface area contributed by atoms with Crippen molar-refractivity contribution in [2.45, 2.75) is 13.3 Å². The highest BCUT2D eigenvalue weighted by atomic mass is 35.5. The van der Waals surface area contributed by atoms with Gasteiger partial charge in [0, 0.05) is 23.7 Å². The molecule has 158 valence electrons. The van der Waals surface area contributed by atoms with Gasteiger partial charge in [-0.1, -0.05) is 29.3 Å². The zero-order valence-electron chi connectivity index (χ0n) is 16.7. The minimum absolute atomic E-state index is 0.105. The Bertz CT molecular complexity index is 1130. The predicted octanol–water partition coefficient (Wildman–Crippen LogP) is 4.49. The summed E-state index contributed by atoms with van der Waals surface area (Å²) in [6.07, 6.45) is 1.51. The Balaban J connectivity index is 1.48. The third-order valence-electron chi connectivity index (χ3n) is 5.07. The van der Waals surface area contributed by atoms with Gasteiger partial charge in [0.05, 0.1) is 23.6 Å². The second kappa shape index (κ2) is 8.65. The molecular formula is C23H20ClN3O4. The molecule has 2 heterocycles. The highest BCUT2D eigenvalue weighted by molar-refractivity contribution is 6.31. The van der Waals surface area contributed by atoms with Gasteiger partial charge in [-0.2, -0.15) is 0 Å². The smallest absolute Gasteiger partial charge is 0.291 e. The third-order valence-corrected chi connectivity index (χ3v) is 5.31. The number of nitrogens with one attached hydrogen (secondary N) is 2. The highest BCUT2D eigenvalue weighted by Crippen LogP contribution is 2.30. The summed E-state index contributed by atoms with van der Waals surface area (Å²) in [7, 11) is 0. The predicted molar refractivity (Wildman–Crippen MR) is 118 cm³/mol. The van der Waals surface area contributed by atoms with E-state index in [4.69, 9.17) is 16.0 Å². The summed E-state index contributed by atoms with van der Waals surface area (Å²) in [5.41, 5.74) is 2.58. The fraction of sp³-hybridized carbons (Fsp3) is 0.174. The number of nitrogens with zero attached hydrogens (tertiary/aromatic N) is 1. The minimum Gasteiger partial charge on any atom is -0.459 e. The van der Waals surface area contributed by atoms with E-state index in [1.165, 1.54) is 18.4 Å². The van der Waals surface area contributed by atoms with Crippen molar-refractivity contribution >= 4 is 46.4 Å². The van der Waals surface area contributed by atoms with Crippen LogP contribution < -0.4 is 15.5 Å². The van der Waals surface area contributed by atoms with Crippen molar-refractivity contribution in [1.82, 2.24) is 0 Å². The average molecular weight is 438 g/mol. The Labute approximate surface area is 184 Å². The van der Waals surface area contributed by atoms with Crippen molar-refractivity contribution in [3.8, 4) is 0 Å². The Morgan fingerprint density at radius 3 is 2.55 bits per heavy atom. The monoisotopic (exact) mass is 437 g/mol. The van der Waals surface area contributed by atoms with Crippen LogP contribution in [-0.4, -0.2) is 24.3 Å². The molecule has 2 aromatic carbocycles. The zero-order chi connectivity index (χ0) is 22.0. The number of aryl methyl sites for hydroxylation is 1. The minimum atomic E-state index is -0.516. The maximum absolute atomic E-state index is 12.9. The van der Waals surface area contributed by atoms with Crippen LogP contribution in [0.4, 0.5) is 17.1 Å². The number of rotatable bonds is 5. The fourth-order valence-corrected chi connectivity index (χ4v) is 3.58. The molecule has 1 fully saturated rings. The number of anilines is 3. The van der Waals surface area contributed by atoms with Crippen LogP contribution in [0.5, 0.6) is 0 Å². The topological polar surface area (TPSA) is 91.7 Å². The molecule has 0 aliphatic carbocycles. The number of benzene rings is 2. The van der Waals surface area contributed by atoms with Crippen LogP contribution in [0.25, 0.3) is 0 Å². The number of carbonyl (C=O) groups excluding carboxylic acids is 3. The van der Waals surface area contributed by atoms with Gasteiger partial charge in [-0.05, 0) is 49.4 Å². The lowest BCUT2D eigenvalue weighted by molar-refractivity contribution is -0.122. The van der Waals surface area contributed by atoms with Crippen molar-refractivity contribution in [2.75, 3.05) is 22.1 Å². The molecule has 3 aromatic rings. The van der Waals surface area contributed by atoms with Crippen molar-refractivity contribution in [2.24, 2.45) is 5.92 Å². The number of amides is 3. The zero-order valence-corrected chi connectivity index (χ0v) is 17.5. The summed E-state index contributed by atoms with van der Waals surface area (Å²) in [6, 6.07) is 15.5. The molecule has 1 saturated heterocycles. The molecule has 1 atom stereocenters. The first kappa shape index (κ1) is 20.7. The van der Waals surface area contributed by atoms with Gasteiger partial charge in [-0.3, -0.25) is 14.4 Å². The number of halogens is 1. The van der Waals surface area contributed by atoms with Crippen molar-refractivity contribution in [3.63, 3.8) is 0 Å². The first-order chi connectivity index (χ1) is 14.9. The second-order valence-electron chi connectivity index (χ2n) is 7.35. The molecular weight excluding hydrogens is 418 g/mol. The standard InChI is InChI=1S/C23H20ClN3O4/c1-14-4-7-17(8-5-14)27-13-15(11-21(27)28)22(29)25-18-9-6-16(24)12-19(18)26-23(30)20-3-2-10-31-20/h2-10,12,15H,11,13H2,1H3,(H,25,29)(H,26,30). The van der Waals surface area contributed by atoms with Gasteiger partial charge in [-0.25, -0.2) is 0 Å². The van der Waals surface area contributed by atoms with Crippen LogP contribution in [-0.2, 0) is 9.59 Å². The lowest BCUT2D eigenvalue weighted by Crippen LogP contribution is -2.28. The molecule has 0 saturated carbocycles.